The molecule has 1 heterocycles. The Morgan fingerprint density at radius 2 is 2.05 bits per heavy atom. The van der Waals surface area contributed by atoms with Crippen molar-refractivity contribution in [3.05, 3.63) is 62.5 Å². The molecule has 0 aliphatic carbocycles. The fourth-order valence-electron chi connectivity index (χ4n) is 1.63. The molecular weight excluding hydrogens is 308 g/mol. The van der Waals surface area contributed by atoms with Crippen LogP contribution in [0.3, 0.4) is 0 Å². The van der Waals surface area contributed by atoms with Crippen molar-refractivity contribution in [3.8, 4) is 0 Å². The molecule has 0 atom stereocenters. The van der Waals surface area contributed by atoms with Gasteiger partial charge >= 0.3 is 0 Å². The largest absolute Gasteiger partial charge is 0.321 e. The number of halogens is 1. The van der Waals surface area contributed by atoms with E-state index in [2.05, 4.69) is 21.2 Å². The molecule has 1 amide bonds. The Balaban J connectivity index is 2.28. The van der Waals surface area contributed by atoms with Gasteiger partial charge < -0.3 is 9.88 Å². The Bertz CT molecular complexity index is 692. The topological polar surface area (TPSA) is 51.1 Å². The Hall–Kier alpha value is -1.88. The maximum Gasteiger partial charge on any atom is 0.255 e. The minimum absolute atomic E-state index is 0.212. The van der Waals surface area contributed by atoms with E-state index in [1.807, 2.05) is 19.1 Å². The number of pyridine rings is 1. The molecule has 0 saturated heterocycles. The van der Waals surface area contributed by atoms with Gasteiger partial charge in [0, 0.05) is 29.3 Å². The molecular formula is C14H13BrN2O2. The summed E-state index contributed by atoms with van der Waals surface area (Å²) < 4.78 is 2.26. The molecule has 0 spiro atoms. The van der Waals surface area contributed by atoms with Gasteiger partial charge in [0.2, 0.25) is 0 Å². The average Bonchev–Trinajstić information content (AvgIpc) is 2.38. The van der Waals surface area contributed by atoms with Crippen LogP contribution < -0.4 is 10.9 Å². The minimum atomic E-state index is -0.302. The van der Waals surface area contributed by atoms with Gasteiger partial charge in [-0.05, 0) is 40.5 Å². The highest BCUT2D eigenvalue weighted by molar-refractivity contribution is 9.10. The number of aryl methyl sites for hydroxylation is 2. The van der Waals surface area contributed by atoms with Crippen molar-refractivity contribution in [1.29, 1.82) is 0 Å². The molecule has 5 heteroatoms. The van der Waals surface area contributed by atoms with Crippen molar-refractivity contribution >= 4 is 27.5 Å². The molecule has 0 fully saturated rings. The summed E-state index contributed by atoms with van der Waals surface area (Å²) in [5.41, 5.74) is 1.85. The van der Waals surface area contributed by atoms with E-state index in [0.29, 0.717) is 11.3 Å². The lowest BCUT2D eigenvalue weighted by molar-refractivity contribution is 0.102. The smallest absolute Gasteiger partial charge is 0.255 e. The highest BCUT2D eigenvalue weighted by Crippen LogP contribution is 2.25. The zero-order valence-corrected chi connectivity index (χ0v) is 12.2. The molecule has 0 radical (unpaired) electrons. The summed E-state index contributed by atoms with van der Waals surface area (Å²) >= 11 is 3.43. The average molecular weight is 321 g/mol. The molecule has 2 aromatic rings. The van der Waals surface area contributed by atoms with Crippen molar-refractivity contribution in [1.82, 2.24) is 4.57 Å². The number of carbonyl (C=O) groups excluding carboxylic acids is 1. The molecule has 0 aliphatic heterocycles. The van der Waals surface area contributed by atoms with Gasteiger partial charge in [-0.1, -0.05) is 12.1 Å². The van der Waals surface area contributed by atoms with Gasteiger partial charge in [0.1, 0.15) is 0 Å². The maximum absolute atomic E-state index is 12.1. The van der Waals surface area contributed by atoms with Crippen molar-refractivity contribution < 1.29 is 4.79 Å². The number of anilines is 1. The molecule has 0 bridgehead atoms. The van der Waals surface area contributed by atoms with Crippen LogP contribution in [0.5, 0.6) is 0 Å². The molecule has 2 rings (SSSR count). The van der Waals surface area contributed by atoms with E-state index in [0.717, 1.165) is 10.0 Å². The van der Waals surface area contributed by atoms with Gasteiger partial charge in [-0.15, -0.1) is 0 Å². The second-order valence-corrected chi connectivity index (χ2v) is 5.05. The van der Waals surface area contributed by atoms with E-state index in [1.54, 1.807) is 25.4 Å². The third-order valence-electron chi connectivity index (χ3n) is 2.81. The SMILES string of the molecule is Cc1cccc(NC(=O)c2ccn(C)c(=O)c2)c1Br. The van der Waals surface area contributed by atoms with Gasteiger partial charge in [0.25, 0.3) is 11.5 Å². The first-order valence-corrected chi connectivity index (χ1v) is 6.51. The van der Waals surface area contributed by atoms with E-state index in [9.17, 15) is 9.59 Å². The lowest BCUT2D eigenvalue weighted by atomic mass is 10.2. The van der Waals surface area contributed by atoms with Crippen molar-refractivity contribution in [2.45, 2.75) is 6.92 Å². The Kier molecular flexibility index (Phi) is 3.85. The standard InChI is InChI=1S/C14H13BrN2O2/c1-9-4-3-5-11(13(9)15)16-14(19)10-6-7-17(2)12(18)8-10/h3-8H,1-2H3,(H,16,19). The Labute approximate surface area is 119 Å². The quantitative estimate of drug-likeness (QED) is 0.925. The number of carbonyl (C=O) groups is 1. The summed E-state index contributed by atoms with van der Waals surface area (Å²) in [6.45, 7) is 1.94. The predicted molar refractivity (Wildman–Crippen MR) is 78.5 cm³/mol. The number of benzene rings is 1. The highest BCUT2D eigenvalue weighted by atomic mass is 79.9. The fraction of sp³-hybridized carbons (Fsp3) is 0.143. The number of rotatable bonds is 2. The number of amides is 1. The predicted octanol–water partition coefficient (Wildman–Crippen LogP) is 2.71. The molecule has 1 aromatic carbocycles. The van der Waals surface area contributed by atoms with Crippen LogP contribution >= 0.6 is 15.9 Å². The third kappa shape index (κ3) is 2.93. The highest BCUT2D eigenvalue weighted by Gasteiger charge is 2.10. The first-order chi connectivity index (χ1) is 8.99. The number of nitrogens with zero attached hydrogens (tertiary/aromatic N) is 1. The second kappa shape index (κ2) is 5.40. The summed E-state index contributed by atoms with van der Waals surface area (Å²) in [5.74, 6) is -0.302. The van der Waals surface area contributed by atoms with E-state index in [1.165, 1.54) is 10.6 Å². The van der Waals surface area contributed by atoms with Crippen LogP contribution in [0.25, 0.3) is 0 Å². The van der Waals surface area contributed by atoms with Crippen LogP contribution in [0.15, 0.2) is 45.8 Å². The van der Waals surface area contributed by atoms with E-state index in [-0.39, 0.29) is 11.5 Å². The van der Waals surface area contributed by atoms with Gasteiger partial charge in [-0.25, -0.2) is 0 Å². The minimum Gasteiger partial charge on any atom is -0.321 e. The summed E-state index contributed by atoms with van der Waals surface area (Å²) in [7, 11) is 1.64. The van der Waals surface area contributed by atoms with Crippen LogP contribution in [0.4, 0.5) is 5.69 Å². The fourth-order valence-corrected chi connectivity index (χ4v) is 1.99. The number of aromatic nitrogens is 1. The summed E-state index contributed by atoms with van der Waals surface area (Å²) in [6.07, 6.45) is 1.57. The van der Waals surface area contributed by atoms with Crippen LogP contribution in [-0.4, -0.2) is 10.5 Å². The zero-order valence-electron chi connectivity index (χ0n) is 10.6. The lowest BCUT2D eigenvalue weighted by Gasteiger charge is -2.09. The first-order valence-electron chi connectivity index (χ1n) is 5.72. The second-order valence-electron chi connectivity index (χ2n) is 4.26. The number of hydrogen-bond donors (Lipinski definition) is 1. The summed E-state index contributed by atoms with van der Waals surface area (Å²) in [4.78, 5) is 23.6. The summed E-state index contributed by atoms with van der Waals surface area (Å²) in [6, 6.07) is 8.53. The number of hydrogen-bond acceptors (Lipinski definition) is 2. The molecule has 98 valence electrons. The van der Waals surface area contributed by atoms with Crippen LogP contribution in [-0.2, 0) is 7.05 Å². The summed E-state index contributed by atoms with van der Waals surface area (Å²) in [5, 5.41) is 2.78. The van der Waals surface area contributed by atoms with E-state index >= 15 is 0 Å². The monoisotopic (exact) mass is 320 g/mol. The van der Waals surface area contributed by atoms with Crippen molar-refractivity contribution in [2.24, 2.45) is 7.05 Å². The Morgan fingerprint density at radius 3 is 2.74 bits per heavy atom. The number of nitrogens with one attached hydrogen (secondary N) is 1. The van der Waals surface area contributed by atoms with Gasteiger partial charge in [-0.3, -0.25) is 9.59 Å². The third-order valence-corrected chi connectivity index (χ3v) is 3.86. The normalized spacial score (nSPS) is 10.3. The molecule has 4 nitrogen and oxygen atoms in total. The van der Waals surface area contributed by atoms with Gasteiger partial charge in [-0.2, -0.15) is 0 Å². The maximum atomic E-state index is 12.1. The molecule has 19 heavy (non-hydrogen) atoms. The molecule has 0 aliphatic rings. The molecule has 0 saturated carbocycles. The molecule has 1 aromatic heterocycles. The van der Waals surface area contributed by atoms with Crippen molar-refractivity contribution in [3.63, 3.8) is 0 Å². The van der Waals surface area contributed by atoms with Crippen LogP contribution in [0, 0.1) is 6.92 Å². The van der Waals surface area contributed by atoms with Crippen LogP contribution in [0.1, 0.15) is 15.9 Å². The van der Waals surface area contributed by atoms with Gasteiger partial charge in [0.05, 0.1) is 5.69 Å². The van der Waals surface area contributed by atoms with Crippen LogP contribution in [0.2, 0.25) is 0 Å². The van der Waals surface area contributed by atoms with E-state index in [4.69, 9.17) is 0 Å². The first kappa shape index (κ1) is 13.5. The molecule has 0 unspecified atom stereocenters. The zero-order chi connectivity index (χ0) is 14.0. The molecule has 1 N–H and O–H groups in total. The van der Waals surface area contributed by atoms with E-state index < -0.39 is 0 Å². The lowest BCUT2D eigenvalue weighted by Crippen LogP contribution is -2.20. The Morgan fingerprint density at radius 1 is 1.32 bits per heavy atom. The van der Waals surface area contributed by atoms with Gasteiger partial charge in [0.15, 0.2) is 0 Å². The van der Waals surface area contributed by atoms with Crippen molar-refractivity contribution in [2.75, 3.05) is 5.32 Å².